The summed E-state index contributed by atoms with van der Waals surface area (Å²) in [6, 6.07) is 0. The van der Waals surface area contributed by atoms with E-state index < -0.39 is 6.10 Å². The molecule has 0 aliphatic rings. The van der Waals surface area contributed by atoms with Gasteiger partial charge in [-0.2, -0.15) is 0 Å². The van der Waals surface area contributed by atoms with Crippen LogP contribution in [0.2, 0.25) is 0 Å². The van der Waals surface area contributed by atoms with Crippen LogP contribution >= 0.6 is 0 Å². The summed E-state index contributed by atoms with van der Waals surface area (Å²) >= 11 is 0. The Bertz CT molecular complexity index is 1420. The number of carbonyl (C=O) groups excluding carboxylic acids is 3. The van der Waals surface area contributed by atoms with Crippen LogP contribution in [0, 0.1) is 0 Å². The fraction of sp³-hybridized carbons (Fsp3) is 0.667. The summed E-state index contributed by atoms with van der Waals surface area (Å²) < 4.78 is 16.8. The largest absolute Gasteiger partial charge is 0.462 e. The lowest BCUT2D eigenvalue weighted by molar-refractivity contribution is -0.166. The van der Waals surface area contributed by atoms with E-state index in [9.17, 15) is 14.4 Å². The molecular weight excluding hydrogens is 853 g/mol. The number of ether oxygens (including phenoxy) is 3. The number of hydrogen-bond acceptors (Lipinski definition) is 6. The zero-order chi connectivity index (χ0) is 50.0. The maximum atomic E-state index is 12.8. The van der Waals surface area contributed by atoms with Gasteiger partial charge in [0.15, 0.2) is 6.10 Å². The van der Waals surface area contributed by atoms with Crippen molar-refractivity contribution in [3.63, 3.8) is 0 Å². The Labute approximate surface area is 425 Å². The van der Waals surface area contributed by atoms with Crippen molar-refractivity contribution in [1.82, 2.24) is 0 Å². The number of hydrogen-bond donors (Lipinski definition) is 0. The maximum Gasteiger partial charge on any atom is 0.306 e. The third-order valence-corrected chi connectivity index (χ3v) is 11.8. The Kier molecular flexibility index (Phi) is 53.4. The minimum absolute atomic E-state index is 0.109. The zero-order valence-electron chi connectivity index (χ0n) is 44.8. The van der Waals surface area contributed by atoms with Crippen LogP contribution in [-0.4, -0.2) is 37.2 Å². The fourth-order valence-electron chi connectivity index (χ4n) is 7.59. The summed E-state index contributed by atoms with van der Waals surface area (Å²) in [4.78, 5) is 38.1. The van der Waals surface area contributed by atoms with Crippen molar-refractivity contribution in [3.8, 4) is 0 Å². The highest BCUT2D eigenvalue weighted by atomic mass is 16.6. The molecule has 0 aliphatic heterocycles. The molecule has 69 heavy (non-hydrogen) atoms. The molecule has 0 bridgehead atoms. The van der Waals surface area contributed by atoms with E-state index in [0.29, 0.717) is 12.8 Å². The highest BCUT2D eigenvalue weighted by Gasteiger charge is 2.19. The Hall–Kier alpha value is -3.93. The first-order valence-electron chi connectivity index (χ1n) is 28.4. The van der Waals surface area contributed by atoms with Crippen LogP contribution < -0.4 is 0 Å². The zero-order valence-corrected chi connectivity index (χ0v) is 44.8. The maximum absolute atomic E-state index is 12.8. The Morgan fingerprint density at radius 2 is 0.652 bits per heavy atom. The molecule has 0 saturated heterocycles. The predicted octanol–water partition coefficient (Wildman–Crippen LogP) is 19.1. The molecule has 0 radical (unpaired) electrons. The summed E-state index contributed by atoms with van der Waals surface area (Å²) in [6.07, 6.45) is 76.5. The first-order valence-corrected chi connectivity index (χ1v) is 28.4. The Morgan fingerprint density at radius 3 is 1.06 bits per heavy atom. The van der Waals surface area contributed by atoms with Gasteiger partial charge in [-0.15, -0.1) is 0 Å². The first kappa shape index (κ1) is 65.1. The van der Waals surface area contributed by atoms with Gasteiger partial charge in [0.05, 0.1) is 0 Å². The van der Waals surface area contributed by atoms with Crippen LogP contribution in [0.15, 0.2) is 109 Å². The van der Waals surface area contributed by atoms with Gasteiger partial charge in [0.1, 0.15) is 13.2 Å². The molecule has 392 valence electrons. The lowest BCUT2D eigenvalue weighted by Crippen LogP contribution is -2.30. The summed E-state index contributed by atoms with van der Waals surface area (Å²) in [5, 5.41) is 0. The molecule has 0 rings (SSSR count). The summed E-state index contributed by atoms with van der Waals surface area (Å²) in [7, 11) is 0. The van der Waals surface area contributed by atoms with Crippen molar-refractivity contribution in [2.45, 2.75) is 258 Å². The standard InChI is InChI=1S/C63H104O6/c1-4-7-10-13-16-19-22-25-28-30-32-34-35-38-41-44-47-50-53-56-62(65)68-59-60(58-67-61(64)55-52-49-46-43-40-37-27-24-21-18-15-12-9-6-3)69-63(66)57-54-51-48-45-42-39-36-33-31-29-26-23-20-17-14-11-8-5-2/h7,10,16,19,23,25-26,28-29,31-34,36,38,41,47,50,60H,4-6,8-9,11-15,17-18,20-22,24,27,30,35,37,39-40,42-46,48-49,51-59H2,1-3H3/b10-7-,19-16-,26-23-,28-25-,31-29-,34-32-,36-33-,41-38-,50-47-. The number of rotatable bonds is 50. The predicted molar refractivity (Wildman–Crippen MR) is 297 cm³/mol. The van der Waals surface area contributed by atoms with E-state index in [1.54, 1.807) is 0 Å². The number of carbonyl (C=O) groups is 3. The van der Waals surface area contributed by atoms with E-state index in [-0.39, 0.29) is 44.0 Å². The molecule has 6 heteroatoms. The third-order valence-electron chi connectivity index (χ3n) is 11.8. The van der Waals surface area contributed by atoms with Gasteiger partial charge < -0.3 is 14.2 Å². The first-order chi connectivity index (χ1) is 34.0. The van der Waals surface area contributed by atoms with Gasteiger partial charge >= 0.3 is 17.9 Å². The van der Waals surface area contributed by atoms with Gasteiger partial charge in [-0.3, -0.25) is 14.4 Å². The molecule has 6 nitrogen and oxygen atoms in total. The average Bonchev–Trinajstić information content (AvgIpc) is 3.35. The second-order valence-electron chi connectivity index (χ2n) is 18.5. The quantitative estimate of drug-likeness (QED) is 0.0199. The second kappa shape index (κ2) is 56.7. The van der Waals surface area contributed by atoms with E-state index in [1.807, 2.05) is 6.08 Å². The summed E-state index contributed by atoms with van der Waals surface area (Å²) in [5.41, 5.74) is 0. The lowest BCUT2D eigenvalue weighted by Gasteiger charge is -2.18. The fourth-order valence-corrected chi connectivity index (χ4v) is 7.59. The molecule has 0 N–H and O–H groups in total. The van der Waals surface area contributed by atoms with E-state index in [1.165, 1.54) is 103 Å². The molecule has 0 spiro atoms. The van der Waals surface area contributed by atoms with Gasteiger partial charge in [-0.05, 0) is 83.5 Å². The van der Waals surface area contributed by atoms with Crippen LogP contribution in [-0.2, 0) is 28.6 Å². The van der Waals surface area contributed by atoms with Crippen molar-refractivity contribution < 1.29 is 28.6 Å². The van der Waals surface area contributed by atoms with Crippen molar-refractivity contribution in [2.75, 3.05) is 13.2 Å². The second-order valence-corrected chi connectivity index (χ2v) is 18.5. The molecule has 0 heterocycles. The lowest BCUT2D eigenvalue weighted by atomic mass is 10.0. The van der Waals surface area contributed by atoms with Crippen molar-refractivity contribution in [1.29, 1.82) is 0 Å². The van der Waals surface area contributed by atoms with Crippen LogP contribution in [0.1, 0.15) is 252 Å². The van der Waals surface area contributed by atoms with Gasteiger partial charge in [-0.1, -0.05) is 259 Å². The van der Waals surface area contributed by atoms with E-state index in [2.05, 4.69) is 124 Å². The molecular formula is C63H104O6. The number of unbranched alkanes of at least 4 members (excludes halogenated alkanes) is 23. The molecule has 0 aromatic heterocycles. The monoisotopic (exact) mass is 957 g/mol. The molecule has 0 aliphatic carbocycles. The van der Waals surface area contributed by atoms with Crippen LogP contribution in [0.3, 0.4) is 0 Å². The normalized spacial score (nSPS) is 12.9. The SMILES string of the molecule is CC/C=C\C/C=C\C/C=C\C/C=C\C/C=C\C/C=C\CCC(=O)OCC(COC(=O)CCCCCCCCCCCCCCCC)OC(=O)CCCCCCC\C=C/C=C\C=C/CCCCCCC. The molecule has 0 amide bonds. The van der Waals surface area contributed by atoms with Crippen molar-refractivity contribution in [2.24, 2.45) is 0 Å². The molecule has 0 fully saturated rings. The molecule has 0 aromatic carbocycles. The number of allylic oxidation sites excluding steroid dienone is 18. The van der Waals surface area contributed by atoms with E-state index in [4.69, 9.17) is 14.2 Å². The Morgan fingerprint density at radius 1 is 0.319 bits per heavy atom. The summed E-state index contributed by atoms with van der Waals surface area (Å²) in [6.45, 7) is 6.43. The van der Waals surface area contributed by atoms with Gasteiger partial charge in [0, 0.05) is 19.3 Å². The molecule has 0 aromatic rings. The molecule has 1 unspecified atom stereocenters. The van der Waals surface area contributed by atoms with Gasteiger partial charge in [0.2, 0.25) is 0 Å². The minimum atomic E-state index is -0.820. The highest BCUT2D eigenvalue weighted by molar-refractivity contribution is 5.71. The number of esters is 3. The molecule has 0 saturated carbocycles. The highest BCUT2D eigenvalue weighted by Crippen LogP contribution is 2.15. The van der Waals surface area contributed by atoms with Crippen molar-refractivity contribution >= 4 is 17.9 Å². The smallest absolute Gasteiger partial charge is 0.306 e. The van der Waals surface area contributed by atoms with E-state index in [0.717, 1.165) is 103 Å². The van der Waals surface area contributed by atoms with Crippen LogP contribution in [0.25, 0.3) is 0 Å². The van der Waals surface area contributed by atoms with Crippen LogP contribution in [0.5, 0.6) is 0 Å². The van der Waals surface area contributed by atoms with Gasteiger partial charge in [-0.25, -0.2) is 0 Å². The van der Waals surface area contributed by atoms with Gasteiger partial charge in [0.25, 0.3) is 0 Å². The topological polar surface area (TPSA) is 78.9 Å². The minimum Gasteiger partial charge on any atom is -0.462 e. The van der Waals surface area contributed by atoms with Crippen LogP contribution in [0.4, 0.5) is 0 Å². The molecule has 1 atom stereocenters. The van der Waals surface area contributed by atoms with Crippen molar-refractivity contribution in [3.05, 3.63) is 109 Å². The van der Waals surface area contributed by atoms with E-state index >= 15 is 0 Å². The summed E-state index contributed by atoms with van der Waals surface area (Å²) in [5.74, 6) is -1.02. The Balaban J connectivity index is 4.55. The average molecular weight is 958 g/mol. The third kappa shape index (κ3) is 54.9.